The summed E-state index contributed by atoms with van der Waals surface area (Å²) in [5.74, 6) is -0.644. The van der Waals surface area contributed by atoms with Gasteiger partial charge in [-0.1, -0.05) is 26.8 Å². The second-order valence-corrected chi connectivity index (χ2v) is 11.1. The van der Waals surface area contributed by atoms with Gasteiger partial charge in [0.1, 0.15) is 29.1 Å². The summed E-state index contributed by atoms with van der Waals surface area (Å²) in [6.07, 6.45) is 1.55. The van der Waals surface area contributed by atoms with Crippen molar-refractivity contribution in [2.45, 2.75) is 44.7 Å². The van der Waals surface area contributed by atoms with Crippen LogP contribution in [0.25, 0.3) is 11.3 Å². The number of ether oxygens (including phenoxy) is 2. The number of amides is 1. The van der Waals surface area contributed by atoms with Gasteiger partial charge in [0, 0.05) is 11.6 Å². The van der Waals surface area contributed by atoms with Gasteiger partial charge in [0.25, 0.3) is 15.9 Å². The van der Waals surface area contributed by atoms with E-state index in [1.165, 1.54) is 42.5 Å². The first-order valence-electron chi connectivity index (χ1n) is 11.9. The molecule has 2 unspecified atom stereocenters. The normalized spacial score (nSPS) is 17.2. The fourth-order valence-electron chi connectivity index (χ4n) is 3.69. The van der Waals surface area contributed by atoms with E-state index in [1.54, 1.807) is 6.07 Å². The van der Waals surface area contributed by atoms with Crippen molar-refractivity contribution < 1.29 is 27.1 Å². The number of aromatic nitrogens is 2. The van der Waals surface area contributed by atoms with Gasteiger partial charge in [-0.2, -0.15) is 8.42 Å². The van der Waals surface area contributed by atoms with Crippen molar-refractivity contribution in [1.29, 1.82) is 0 Å². The molecule has 3 aromatic rings. The lowest BCUT2D eigenvalue weighted by Gasteiger charge is -2.34. The molecule has 0 aliphatic heterocycles. The van der Waals surface area contributed by atoms with Gasteiger partial charge in [-0.05, 0) is 61.1 Å². The van der Waals surface area contributed by atoms with Crippen LogP contribution in [0.3, 0.4) is 0 Å². The number of nitrogens with zero attached hydrogens (tertiary/aromatic N) is 2. The molecule has 37 heavy (non-hydrogen) atoms. The van der Waals surface area contributed by atoms with Gasteiger partial charge < -0.3 is 15.2 Å². The number of carbonyl (C=O) groups is 1. The van der Waals surface area contributed by atoms with Crippen molar-refractivity contribution in [2.24, 2.45) is 11.8 Å². The number of hydrogen-bond acceptors (Lipinski definition) is 8. The molecule has 0 bridgehead atoms. The highest BCUT2D eigenvalue weighted by Crippen LogP contribution is 2.34. The number of nitrogens with two attached hydrogens (primary N) is 1. The third-order valence-corrected chi connectivity index (χ3v) is 7.14. The molecule has 1 fully saturated rings. The molecule has 0 spiro atoms. The minimum atomic E-state index is -4.30. The van der Waals surface area contributed by atoms with Gasteiger partial charge in [-0.25, -0.2) is 19.1 Å². The van der Waals surface area contributed by atoms with Crippen LogP contribution in [0, 0.1) is 17.7 Å². The van der Waals surface area contributed by atoms with E-state index in [9.17, 15) is 17.6 Å². The van der Waals surface area contributed by atoms with Crippen LogP contribution in [0.5, 0.6) is 11.6 Å². The third kappa shape index (κ3) is 6.34. The Morgan fingerprint density at radius 1 is 1.16 bits per heavy atom. The predicted octanol–water partition coefficient (Wildman–Crippen LogP) is 4.20. The molecule has 11 heteroatoms. The Hall–Kier alpha value is -3.73. The maximum atomic E-state index is 14.4. The minimum Gasteiger partial charge on any atom is -0.493 e. The Morgan fingerprint density at radius 2 is 1.95 bits per heavy atom. The third-order valence-electron chi connectivity index (χ3n) is 5.91. The number of hydrogen-bond donors (Lipinski definition) is 2. The van der Waals surface area contributed by atoms with E-state index < -0.39 is 26.8 Å². The summed E-state index contributed by atoms with van der Waals surface area (Å²) >= 11 is 0. The molecule has 2 heterocycles. The van der Waals surface area contributed by atoms with E-state index in [4.69, 9.17) is 15.2 Å². The minimum absolute atomic E-state index is 0.00354. The van der Waals surface area contributed by atoms with Crippen LogP contribution in [0.4, 0.5) is 10.2 Å². The van der Waals surface area contributed by atoms with Crippen LogP contribution in [0.15, 0.2) is 53.6 Å². The molecular formula is C26H29FN4O5S. The number of halogens is 1. The highest BCUT2D eigenvalue weighted by Gasteiger charge is 2.31. The zero-order valence-corrected chi connectivity index (χ0v) is 21.6. The zero-order valence-electron chi connectivity index (χ0n) is 20.8. The van der Waals surface area contributed by atoms with E-state index in [1.807, 2.05) is 25.5 Å². The number of pyridine rings is 2. The highest BCUT2D eigenvalue weighted by atomic mass is 32.2. The Bertz CT molecular complexity index is 1410. The number of anilines is 1. The Balaban J connectivity index is 1.67. The van der Waals surface area contributed by atoms with E-state index in [0.717, 1.165) is 12.8 Å². The molecule has 0 radical (unpaired) electrons. The maximum Gasteiger partial charge on any atom is 0.281 e. The van der Waals surface area contributed by atoms with Crippen LogP contribution < -0.4 is 19.9 Å². The van der Waals surface area contributed by atoms with Crippen LogP contribution in [-0.4, -0.2) is 37.0 Å². The van der Waals surface area contributed by atoms with Gasteiger partial charge in [-0.15, -0.1) is 0 Å². The standard InChI is InChI=1S/C26H29FN4O5S/c1-15(2)14-35-19-12-17(11-18(27)13-19)21-9-8-20(26(29-21)36-22-10-7-16(22)3)25(32)31-37(33,34)24-6-4-5-23(28)30-24/h4-6,8-9,11-13,15-16,22H,7,10,14H2,1-3H3,(H2,28,30)(H,31,32). The lowest BCUT2D eigenvalue weighted by molar-refractivity contribution is 0.0522. The molecular weight excluding hydrogens is 499 g/mol. The fourth-order valence-corrected chi connectivity index (χ4v) is 4.63. The summed E-state index contributed by atoms with van der Waals surface area (Å²) in [5.41, 5.74) is 6.27. The second-order valence-electron chi connectivity index (χ2n) is 9.48. The quantitative estimate of drug-likeness (QED) is 0.422. The van der Waals surface area contributed by atoms with Gasteiger partial charge in [-0.3, -0.25) is 4.79 Å². The Kier molecular flexibility index (Phi) is 7.63. The van der Waals surface area contributed by atoms with Crippen molar-refractivity contribution >= 4 is 21.7 Å². The molecule has 196 valence electrons. The summed E-state index contributed by atoms with van der Waals surface area (Å²) in [5, 5.41) is -0.394. The molecule has 1 amide bonds. The van der Waals surface area contributed by atoms with Gasteiger partial charge in [0.2, 0.25) is 5.88 Å². The number of nitrogens with one attached hydrogen (secondary N) is 1. The first kappa shape index (κ1) is 26.3. The van der Waals surface area contributed by atoms with E-state index >= 15 is 0 Å². The molecule has 1 aliphatic carbocycles. The molecule has 1 aromatic carbocycles. The SMILES string of the molecule is CC(C)COc1cc(F)cc(-c2ccc(C(=O)NS(=O)(=O)c3cccc(N)n3)c(OC3CCC3C)n2)c1. The van der Waals surface area contributed by atoms with E-state index in [0.29, 0.717) is 23.6 Å². The highest BCUT2D eigenvalue weighted by molar-refractivity contribution is 7.90. The van der Waals surface area contributed by atoms with Gasteiger partial charge in [0.05, 0.1) is 12.3 Å². The molecule has 2 atom stereocenters. The van der Waals surface area contributed by atoms with Gasteiger partial charge in [0.15, 0.2) is 5.03 Å². The monoisotopic (exact) mass is 528 g/mol. The maximum absolute atomic E-state index is 14.4. The Morgan fingerprint density at radius 3 is 2.59 bits per heavy atom. The first-order valence-corrected chi connectivity index (χ1v) is 13.4. The summed E-state index contributed by atoms with van der Waals surface area (Å²) in [6.45, 7) is 6.40. The first-order chi connectivity index (χ1) is 17.5. The van der Waals surface area contributed by atoms with Crippen molar-refractivity contribution in [1.82, 2.24) is 14.7 Å². The second kappa shape index (κ2) is 10.7. The van der Waals surface area contributed by atoms with E-state index in [-0.39, 0.29) is 35.2 Å². The molecule has 4 rings (SSSR count). The van der Waals surface area contributed by atoms with Crippen LogP contribution in [-0.2, 0) is 10.0 Å². The molecule has 9 nitrogen and oxygen atoms in total. The van der Waals surface area contributed by atoms with Crippen LogP contribution in [0.2, 0.25) is 0 Å². The fraction of sp³-hybridized carbons (Fsp3) is 0.346. The molecule has 1 saturated carbocycles. The van der Waals surface area contributed by atoms with Crippen molar-refractivity contribution in [3.05, 3.63) is 59.9 Å². The van der Waals surface area contributed by atoms with E-state index in [2.05, 4.69) is 9.97 Å². The Labute approximate surface area is 215 Å². The summed E-state index contributed by atoms with van der Waals surface area (Å²) in [7, 11) is -4.30. The molecule has 0 saturated heterocycles. The molecule has 2 aromatic heterocycles. The molecule has 3 N–H and O–H groups in total. The average Bonchev–Trinajstić information content (AvgIpc) is 2.84. The number of benzene rings is 1. The summed E-state index contributed by atoms with van der Waals surface area (Å²) < 4.78 is 53.5. The average molecular weight is 529 g/mol. The topological polar surface area (TPSA) is 134 Å². The largest absolute Gasteiger partial charge is 0.493 e. The van der Waals surface area contributed by atoms with Crippen molar-refractivity contribution in [3.8, 4) is 22.9 Å². The number of rotatable bonds is 9. The predicted molar refractivity (Wildman–Crippen MR) is 136 cm³/mol. The van der Waals surface area contributed by atoms with Crippen LogP contribution in [0.1, 0.15) is 44.0 Å². The van der Waals surface area contributed by atoms with Gasteiger partial charge >= 0.3 is 0 Å². The summed E-state index contributed by atoms with van der Waals surface area (Å²) in [4.78, 5) is 21.3. The van der Waals surface area contributed by atoms with Crippen molar-refractivity contribution in [2.75, 3.05) is 12.3 Å². The zero-order chi connectivity index (χ0) is 26.7. The number of carbonyl (C=O) groups excluding carboxylic acids is 1. The number of nitrogen functional groups attached to an aromatic ring is 1. The van der Waals surface area contributed by atoms with Crippen molar-refractivity contribution in [3.63, 3.8) is 0 Å². The smallest absolute Gasteiger partial charge is 0.281 e. The molecule has 1 aliphatic rings. The summed E-state index contributed by atoms with van der Waals surface area (Å²) in [6, 6.07) is 11.2. The lowest BCUT2D eigenvalue weighted by Crippen LogP contribution is -2.36. The number of sulfonamides is 1. The lowest BCUT2D eigenvalue weighted by atomic mass is 9.83. The van der Waals surface area contributed by atoms with Crippen LogP contribution >= 0.6 is 0 Å².